The molecule has 0 bridgehead atoms. The first-order valence-corrected chi connectivity index (χ1v) is 9.37. The Kier molecular flexibility index (Phi) is 5.12. The summed E-state index contributed by atoms with van der Waals surface area (Å²) in [6.45, 7) is 0.356. The maximum Gasteiger partial charge on any atom is 0.240 e. The van der Waals surface area contributed by atoms with E-state index in [0.717, 1.165) is 11.1 Å². The van der Waals surface area contributed by atoms with Gasteiger partial charge in [0.15, 0.2) is 11.7 Å². The Balaban J connectivity index is 1.44. The van der Waals surface area contributed by atoms with Gasteiger partial charge in [-0.2, -0.15) is 0 Å². The second-order valence-electron chi connectivity index (χ2n) is 7.04. The molecular formula is C22H20FN3O3. The summed E-state index contributed by atoms with van der Waals surface area (Å²) in [4.78, 5) is 30.5. The van der Waals surface area contributed by atoms with Crippen molar-refractivity contribution in [2.24, 2.45) is 5.73 Å². The lowest BCUT2D eigenvalue weighted by Gasteiger charge is -2.35. The normalized spacial score (nSPS) is 15.8. The second kappa shape index (κ2) is 7.87. The highest BCUT2D eigenvalue weighted by atomic mass is 19.1. The molecule has 0 spiro atoms. The highest BCUT2D eigenvalue weighted by Crippen LogP contribution is 2.25. The molecule has 0 aliphatic carbocycles. The number of halogens is 1. The van der Waals surface area contributed by atoms with E-state index in [1.807, 2.05) is 24.3 Å². The van der Waals surface area contributed by atoms with Crippen molar-refractivity contribution in [1.29, 1.82) is 0 Å². The first-order valence-electron chi connectivity index (χ1n) is 9.37. The summed E-state index contributed by atoms with van der Waals surface area (Å²) < 4.78 is 18.7. The number of fused-ring (bicyclic) bond motifs is 1. The average Bonchev–Trinajstić information content (AvgIpc) is 3.20. The van der Waals surface area contributed by atoms with Gasteiger partial charge in [0.05, 0.1) is 6.20 Å². The van der Waals surface area contributed by atoms with Gasteiger partial charge in [-0.05, 0) is 35.4 Å². The van der Waals surface area contributed by atoms with Crippen molar-refractivity contribution < 1.29 is 18.4 Å². The maximum absolute atomic E-state index is 13.1. The fraction of sp³-hybridized carbons (Fsp3) is 0.227. The van der Waals surface area contributed by atoms with Gasteiger partial charge in [0.2, 0.25) is 11.8 Å². The Hall–Kier alpha value is -3.48. The van der Waals surface area contributed by atoms with Crippen LogP contribution in [-0.2, 0) is 29.0 Å². The summed E-state index contributed by atoms with van der Waals surface area (Å²) in [6.07, 6.45) is 2.42. The Bertz CT molecular complexity index is 1050. The lowest BCUT2D eigenvalue weighted by molar-refractivity contribution is -0.140. The summed E-state index contributed by atoms with van der Waals surface area (Å²) in [7, 11) is 0. The van der Waals surface area contributed by atoms with Crippen molar-refractivity contribution in [2.45, 2.75) is 31.8 Å². The summed E-state index contributed by atoms with van der Waals surface area (Å²) in [5.74, 6) is -0.0984. The molecule has 29 heavy (non-hydrogen) atoms. The van der Waals surface area contributed by atoms with Gasteiger partial charge in [0, 0.05) is 31.4 Å². The largest absolute Gasteiger partial charge is 0.441 e. The van der Waals surface area contributed by atoms with Crippen molar-refractivity contribution in [3.05, 3.63) is 77.6 Å². The van der Waals surface area contributed by atoms with E-state index < -0.39 is 11.9 Å². The van der Waals surface area contributed by atoms with Crippen LogP contribution in [-0.4, -0.2) is 27.7 Å². The number of hydrogen-bond donors (Lipinski definition) is 1. The molecule has 2 amide bonds. The average molecular weight is 393 g/mol. The predicted molar refractivity (Wildman–Crippen MR) is 104 cm³/mol. The van der Waals surface area contributed by atoms with Crippen molar-refractivity contribution >= 4 is 11.8 Å². The van der Waals surface area contributed by atoms with Crippen LogP contribution in [0.25, 0.3) is 11.3 Å². The van der Waals surface area contributed by atoms with Crippen LogP contribution >= 0.6 is 0 Å². The zero-order valence-corrected chi connectivity index (χ0v) is 15.7. The zero-order chi connectivity index (χ0) is 20.4. The maximum atomic E-state index is 13.1. The van der Waals surface area contributed by atoms with E-state index in [2.05, 4.69) is 4.98 Å². The molecule has 6 nitrogen and oxygen atoms in total. The van der Waals surface area contributed by atoms with Gasteiger partial charge in [-0.3, -0.25) is 9.59 Å². The van der Waals surface area contributed by atoms with E-state index in [-0.39, 0.29) is 18.1 Å². The monoisotopic (exact) mass is 393 g/mol. The SMILES string of the molecule is NC(=O)[C@H]1Cc2ccccc2CN1C(=O)CCc1ncc(-c2ccc(F)cc2)o1. The molecule has 0 saturated heterocycles. The van der Waals surface area contributed by atoms with Gasteiger partial charge in [-0.15, -0.1) is 0 Å². The predicted octanol–water partition coefficient (Wildman–Crippen LogP) is 2.85. The number of carbonyl (C=O) groups is 2. The topological polar surface area (TPSA) is 89.4 Å². The van der Waals surface area contributed by atoms with Crippen molar-refractivity contribution in [2.75, 3.05) is 0 Å². The molecule has 0 unspecified atom stereocenters. The number of aryl methyl sites for hydroxylation is 1. The van der Waals surface area contributed by atoms with Crippen LogP contribution in [0.5, 0.6) is 0 Å². The summed E-state index contributed by atoms with van der Waals surface area (Å²) >= 11 is 0. The van der Waals surface area contributed by atoms with E-state index in [1.165, 1.54) is 17.0 Å². The van der Waals surface area contributed by atoms with E-state index in [4.69, 9.17) is 10.2 Å². The van der Waals surface area contributed by atoms with Gasteiger partial charge in [0.1, 0.15) is 11.9 Å². The number of primary amides is 1. The van der Waals surface area contributed by atoms with Crippen molar-refractivity contribution in [1.82, 2.24) is 9.88 Å². The highest BCUT2D eigenvalue weighted by molar-refractivity contribution is 5.87. The third-order valence-corrected chi connectivity index (χ3v) is 5.13. The summed E-state index contributed by atoms with van der Waals surface area (Å²) in [6, 6.07) is 13.0. The lowest BCUT2D eigenvalue weighted by atomic mass is 9.93. The Morgan fingerprint density at radius 1 is 1.14 bits per heavy atom. The van der Waals surface area contributed by atoms with Crippen molar-refractivity contribution in [3.8, 4) is 11.3 Å². The van der Waals surface area contributed by atoms with Crippen LogP contribution in [0, 0.1) is 5.82 Å². The molecule has 1 aliphatic heterocycles. The number of benzene rings is 2. The number of nitrogens with zero attached hydrogens (tertiary/aromatic N) is 2. The number of carbonyl (C=O) groups excluding carboxylic acids is 2. The minimum atomic E-state index is -0.656. The number of amides is 2. The molecule has 7 heteroatoms. The van der Waals surface area contributed by atoms with E-state index in [1.54, 1.807) is 18.3 Å². The molecule has 148 valence electrons. The molecule has 0 saturated carbocycles. The fourth-order valence-electron chi connectivity index (χ4n) is 3.57. The molecule has 1 aromatic heterocycles. The number of rotatable bonds is 5. The number of nitrogens with two attached hydrogens (primary N) is 1. The Morgan fingerprint density at radius 2 is 1.86 bits per heavy atom. The van der Waals surface area contributed by atoms with Crippen LogP contribution in [0.1, 0.15) is 23.4 Å². The van der Waals surface area contributed by atoms with Crippen LogP contribution in [0.2, 0.25) is 0 Å². The standard InChI is InChI=1S/C22H20FN3O3/c23-17-7-5-14(6-8-17)19-12-25-20(29-19)9-10-21(27)26-13-16-4-2-1-3-15(16)11-18(26)22(24)28/h1-8,12,18H,9-11,13H2,(H2,24,28)/t18-/m1/s1. The molecule has 3 aromatic rings. The molecule has 2 N–H and O–H groups in total. The van der Waals surface area contributed by atoms with E-state index in [0.29, 0.717) is 36.6 Å². The molecule has 2 aromatic carbocycles. The number of hydrogen-bond acceptors (Lipinski definition) is 4. The smallest absolute Gasteiger partial charge is 0.240 e. The van der Waals surface area contributed by atoms with Crippen LogP contribution in [0.15, 0.2) is 59.1 Å². The Morgan fingerprint density at radius 3 is 2.59 bits per heavy atom. The summed E-state index contributed by atoms with van der Waals surface area (Å²) in [5.41, 5.74) is 8.31. The van der Waals surface area contributed by atoms with E-state index >= 15 is 0 Å². The first kappa shape index (κ1) is 18.9. The molecule has 1 aliphatic rings. The number of aromatic nitrogens is 1. The number of oxazole rings is 1. The van der Waals surface area contributed by atoms with Crippen LogP contribution in [0.4, 0.5) is 4.39 Å². The van der Waals surface area contributed by atoms with Crippen molar-refractivity contribution in [3.63, 3.8) is 0 Å². The second-order valence-corrected chi connectivity index (χ2v) is 7.04. The lowest BCUT2D eigenvalue weighted by Crippen LogP contribution is -2.51. The van der Waals surface area contributed by atoms with E-state index in [9.17, 15) is 14.0 Å². The van der Waals surface area contributed by atoms with Crippen LogP contribution < -0.4 is 5.73 Å². The quantitative estimate of drug-likeness (QED) is 0.722. The molecule has 4 rings (SSSR count). The van der Waals surface area contributed by atoms with Gasteiger partial charge in [-0.25, -0.2) is 9.37 Å². The third kappa shape index (κ3) is 4.03. The molecule has 0 fully saturated rings. The molecular weight excluding hydrogens is 373 g/mol. The Labute approximate surface area is 167 Å². The minimum absolute atomic E-state index is 0.148. The molecule has 0 radical (unpaired) electrons. The van der Waals surface area contributed by atoms with Gasteiger partial charge in [-0.1, -0.05) is 24.3 Å². The molecule has 2 heterocycles. The zero-order valence-electron chi connectivity index (χ0n) is 15.7. The minimum Gasteiger partial charge on any atom is -0.441 e. The molecule has 1 atom stereocenters. The first-order chi connectivity index (χ1) is 14.0. The van der Waals surface area contributed by atoms with Gasteiger partial charge in [0.25, 0.3) is 0 Å². The van der Waals surface area contributed by atoms with Crippen LogP contribution in [0.3, 0.4) is 0 Å². The highest BCUT2D eigenvalue weighted by Gasteiger charge is 2.33. The third-order valence-electron chi connectivity index (χ3n) is 5.13. The fourth-order valence-corrected chi connectivity index (χ4v) is 3.57. The van der Waals surface area contributed by atoms with Gasteiger partial charge >= 0.3 is 0 Å². The summed E-state index contributed by atoms with van der Waals surface area (Å²) in [5, 5.41) is 0. The van der Waals surface area contributed by atoms with Gasteiger partial charge < -0.3 is 15.1 Å².